The maximum atomic E-state index is 5.61. The van der Waals surface area contributed by atoms with Crippen molar-refractivity contribution in [3.05, 3.63) is 29.3 Å². The lowest BCUT2D eigenvalue weighted by molar-refractivity contribution is 0.264. The van der Waals surface area contributed by atoms with Crippen molar-refractivity contribution in [3.8, 4) is 5.75 Å². The van der Waals surface area contributed by atoms with Crippen LogP contribution in [0.5, 0.6) is 5.75 Å². The van der Waals surface area contributed by atoms with Crippen LogP contribution in [0.15, 0.2) is 18.2 Å². The van der Waals surface area contributed by atoms with Gasteiger partial charge in [-0.3, -0.25) is 0 Å². The van der Waals surface area contributed by atoms with E-state index in [4.69, 9.17) is 10.5 Å². The van der Waals surface area contributed by atoms with E-state index in [1.54, 1.807) is 0 Å². The molecule has 1 aliphatic rings. The van der Waals surface area contributed by atoms with Gasteiger partial charge in [0.15, 0.2) is 0 Å². The summed E-state index contributed by atoms with van der Waals surface area (Å²) in [5, 5.41) is 0. The third-order valence-corrected chi connectivity index (χ3v) is 2.84. The first-order valence-corrected chi connectivity index (χ1v) is 5.24. The van der Waals surface area contributed by atoms with Crippen molar-refractivity contribution in [1.82, 2.24) is 0 Å². The zero-order valence-electron chi connectivity index (χ0n) is 8.62. The molecule has 1 aliphatic heterocycles. The Morgan fingerprint density at radius 1 is 1.50 bits per heavy atom. The summed E-state index contributed by atoms with van der Waals surface area (Å²) in [6.07, 6.45) is 2.17. The highest BCUT2D eigenvalue weighted by atomic mass is 16.5. The molecule has 1 aromatic rings. The van der Waals surface area contributed by atoms with Gasteiger partial charge in [0.05, 0.1) is 6.61 Å². The van der Waals surface area contributed by atoms with Gasteiger partial charge in [0, 0.05) is 0 Å². The van der Waals surface area contributed by atoms with E-state index >= 15 is 0 Å². The summed E-state index contributed by atoms with van der Waals surface area (Å²) in [6.45, 7) is 3.72. The Hall–Kier alpha value is -1.02. The van der Waals surface area contributed by atoms with Crippen molar-refractivity contribution in [2.75, 3.05) is 13.2 Å². The molecule has 0 radical (unpaired) electrons. The summed E-state index contributed by atoms with van der Waals surface area (Å²) in [6, 6.07) is 6.41. The van der Waals surface area contributed by atoms with Crippen LogP contribution in [-0.2, 0) is 0 Å². The maximum absolute atomic E-state index is 5.61. The largest absolute Gasteiger partial charge is 0.493 e. The minimum Gasteiger partial charge on any atom is -0.493 e. The van der Waals surface area contributed by atoms with Crippen LogP contribution in [-0.4, -0.2) is 13.2 Å². The minimum atomic E-state index is 0.601. The lowest BCUT2D eigenvalue weighted by atomic mass is 9.89. The van der Waals surface area contributed by atoms with Gasteiger partial charge in [-0.25, -0.2) is 0 Å². The van der Waals surface area contributed by atoms with E-state index in [0.29, 0.717) is 5.92 Å². The topological polar surface area (TPSA) is 35.2 Å². The highest BCUT2D eigenvalue weighted by molar-refractivity contribution is 5.40. The number of rotatable bonds is 2. The van der Waals surface area contributed by atoms with E-state index in [9.17, 15) is 0 Å². The zero-order chi connectivity index (χ0) is 9.97. The average molecular weight is 191 g/mol. The number of ether oxygens (including phenoxy) is 1. The predicted octanol–water partition coefficient (Wildman–Crippen LogP) is 2.21. The molecule has 0 amide bonds. The molecule has 76 valence electrons. The molecular formula is C12H17NO. The number of nitrogens with two attached hydrogens (primary N) is 1. The second-order valence-corrected chi connectivity index (χ2v) is 3.95. The summed E-state index contributed by atoms with van der Waals surface area (Å²) in [7, 11) is 0. The molecule has 1 unspecified atom stereocenters. The summed E-state index contributed by atoms with van der Waals surface area (Å²) in [4.78, 5) is 0. The monoisotopic (exact) mass is 191 g/mol. The molecule has 0 bridgehead atoms. The standard InChI is InChI=1S/C12H17NO/c1-9-2-3-12-11(8-9)10(4-6-13)5-7-14-12/h2-3,8,10H,4-7,13H2,1H3. The van der Waals surface area contributed by atoms with Crippen molar-refractivity contribution in [2.45, 2.75) is 25.7 Å². The maximum Gasteiger partial charge on any atom is 0.122 e. The molecular weight excluding hydrogens is 174 g/mol. The van der Waals surface area contributed by atoms with Crippen LogP contribution in [0.4, 0.5) is 0 Å². The van der Waals surface area contributed by atoms with E-state index in [1.807, 2.05) is 0 Å². The third kappa shape index (κ3) is 1.75. The number of hydrogen-bond acceptors (Lipinski definition) is 2. The van der Waals surface area contributed by atoms with Crippen LogP contribution in [0.3, 0.4) is 0 Å². The van der Waals surface area contributed by atoms with Crippen molar-refractivity contribution in [3.63, 3.8) is 0 Å². The van der Waals surface area contributed by atoms with E-state index < -0.39 is 0 Å². The van der Waals surface area contributed by atoms with Crippen LogP contribution in [0, 0.1) is 6.92 Å². The van der Waals surface area contributed by atoms with Crippen LogP contribution in [0.1, 0.15) is 29.9 Å². The Morgan fingerprint density at radius 3 is 3.14 bits per heavy atom. The van der Waals surface area contributed by atoms with Crippen LogP contribution < -0.4 is 10.5 Å². The summed E-state index contributed by atoms with van der Waals surface area (Å²) in [5.41, 5.74) is 8.26. The highest BCUT2D eigenvalue weighted by Gasteiger charge is 2.20. The second kappa shape index (κ2) is 4.01. The molecule has 2 N–H and O–H groups in total. The summed E-state index contributed by atoms with van der Waals surface area (Å²) in [5.74, 6) is 1.66. The van der Waals surface area contributed by atoms with Gasteiger partial charge < -0.3 is 10.5 Å². The SMILES string of the molecule is Cc1ccc2c(c1)C(CCN)CCO2. The first-order valence-electron chi connectivity index (χ1n) is 5.24. The molecule has 0 aromatic heterocycles. The molecule has 2 rings (SSSR count). The van der Waals surface area contributed by atoms with E-state index in [2.05, 4.69) is 25.1 Å². The van der Waals surface area contributed by atoms with E-state index in [-0.39, 0.29) is 0 Å². The lowest BCUT2D eigenvalue weighted by Crippen LogP contribution is -2.17. The van der Waals surface area contributed by atoms with Crippen molar-refractivity contribution in [1.29, 1.82) is 0 Å². The zero-order valence-corrected chi connectivity index (χ0v) is 8.62. The first-order chi connectivity index (χ1) is 6.81. The molecule has 0 saturated carbocycles. The predicted molar refractivity (Wildman–Crippen MR) is 57.7 cm³/mol. The Bertz CT molecular complexity index is 322. The minimum absolute atomic E-state index is 0.601. The summed E-state index contributed by atoms with van der Waals surface area (Å²) < 4.78 is 5.61. The normalized spacial score (nSPS) is 20.0. The van der Waals surface area contributed by atoms with Gasteiger partial charge >= 0.3 is 0 Å². The molecule has 14 heavy (non-hydrogen) atoms. The fraction of sp³-hybridized carbons (Fsp3) is 0.500. The Labute approximate surface area is 85.1 Å². The average Bonchev–Trinajstić information content (AvgIpc) is 2.19. The van der Waals surface area contributed by atoms with Crippen LogP contribution in [0.2, 0.25) is 0 Å². The molecule has 1 atom stereocenters. The summed E-state index contributed by atoms with van der Waals surface area (Å²) >= 11 is 0. The quantitative estimate of drug-likeness (QED) is 0.777. The first kappa shape index (κ1) is 9.53. The van der Waals surface area contributed by atoms with Crippen LogP contribution >= 0.6 is 0 Å². The van der Waals surface area contributed by atoms with Gasteiger partial charge in [0.2, 0.25) is 0 Å². The Kier molecular flexibility index (Phi) is 2.73. The molecule has 0 spiro atoms. The van der Waals surface area contributed by atoms with E-state index in [0.717, 1.165) is 31.7 Å². The highest BCUT2D eigenvalue weighted by Crippen LogP contribution is 2.35. The van der Waals surface area contributed by atoms with Crippen LogP contribution in [0.25, 0.3) is 0 Å². The number of fused-ring (bicyclic) bond motifs is 1. The number of aryl methyl sites for hydroxylation is 1. The van der Waals surface area contributed by atoms with Gasteiger partial charge in [0.25, 0.3) is 0 Å². The van der Waals surface area contributed by atoms with Crippen molar-refractivity contribution >= 4 is 0 Å². The fourth-order valence-corrected chi connectivity index (χ4v) is 2.09. The van der Waals surface area contributed by atoms with Gasteiger partial charge in [-0.15, -0.1) is 0 Å². The third-order valence-electron chi connectivity index (χ3n) is 2.84. The lowest BCUT2D eigenvalue weighted by Gasteiger charge is -2.25. The van der Waals surface area contributed by atoms with Gasteiger partial charge in [-0.05, 0) is 43.9 Å². The fourth-order valence-electron chi connectivity index (χ4n) is 2.09. The molecule has 2 nitrogen and oxygen atoms in total. The molecule has 1 heterocycles. The van der Waals surface area contributed by atoms with E-state index in [1.165, 1.54) is 11.1 Å². The van der Waals surface area contributed by atoms with Gasteiger partial charge in [-0.1, -0.05) is 17.7 Å². The second-order valence-electron chi connectivity index (χ2n) is 3.95. The molecule has 0 fully saturated rings. The van der Waals surface area contributed by atoms with Crippen molar-refractivity contribution in [2.24, 2.45) is 5.73 Å². The Balaban J connectivity index is 2.32. The van der Waals surface area contributed by atoms with Gasteiger partial charge in [-0.2, -0.15) is 0 Å². The number of benzene rings is 1. The smallest absolute Gasteiger partial charge is 0.122 e. The number of hydrogen-bond donors (Lipinski definition) is 1. The molecule has 1 aromatic carbocycles. The Morgan fingerprint density at radius 2 is 2.36 bits per heavy atom. The molecule has 0 aliphatic carbocycles. The molecule has 2 heteroatoms. The van der Waals surface area contributed by atoms with Gasteiger partial charge in [0.1, 0.15) is 5.75 Å². The van der Waals surface area contributed by atoms with Crippen molar-refractivity contribution < 1.29 is 4.74 Å². The molecule has 0 saturated heterocycles.